The summed E-state index contributed by atoms with van der Waals surface area (Å²) in [6.07, 6.45) is 1.27. The standard InChI is InChI=1S/C8H8ClNO4S/c1-14-8(11)7-3-2-6(4-10-7)5-15(9,12)13/h2-4H,5H2,1H3. The Morgan fingerprint density at radius 1 is 1.53 bits per heavy atom. The summed E-state index contributed by atoms with van der Waals surface area (Å²) in [5, 5.41) is 0. The fraction of sp³-hybridized carbons (Fsp3) is 0.250. The molecule has 1 aromatic rings. The summed E-state index contributed by atoms with van der Waals surface area (Å²) in [5.74, 6) is -0.890. The molecule has 0 aliphatic carbocycles. The maximum absolute atomic E-state index is 11.0. The quantitative estimate of drug-likeness (QED) is 0.589. The van der Waals surface area contributed by atoms with Crippen LogP contribution in [0.5, 0.6) is 0 Å². The molecule has 0 radical (unpaired) electrons. The molecule has 5 nitrogen and oxygen atoms in total. The van der Waals surface area contributed by atoms with Gasteiger partial charge in [-0.3, -0.25) is 0 Å². The largest absolute Gasteiger partial charge is 0.464 e. The number of carbonyl (C=O) groups is 1. The van der Waals surface area contributed by atoms with Gasteiger partial charge in [-0.15, -0.1) is 0 Å². The Labute approximate surface area is 91.5 Å². The van der Waals surface area contributed by atoms with Gasteiger partial charge in [0.25, 0.3) is 0 Å². The van der Waals surface area contributed by atoms with E-state index in [1.807, 2.05) is 0 Å². The molecule has 0 N–H and O–H groups in total. The average Bonchev–Trinajstić information content (AvgIpc) is 2.15. The van der Waals surface area contributed by atoms with Crippen LogP contribution in [-0.4, -0.2) is 26.5 Å². The molecule has 0 fully saturated rings. The lowest BCUT2D eigenvalue weighted by Crippen LogP contribution is -2.04. The second-order valence-corrected chi connectivity index (χ2v) is 5.50. The van der Waals surface area contributed by atoms with E-state index >= 15 is 0 Å². The number of hydrogen-bond acceptors (Lipinski definition) is 5. The third-order valence-electron chi connectivity index (χ3n) is 1.56. The number of esters is 1. The van der Waals surface area contributed by atoms with E-state index in [2.05, 4.69) is 9.72 Å². The molecule has 0 atom stereocenters. The molecule has 82 valence electrons. The fourth-order valence-electron chi connectivity index (χ4n) is 0.934. The zero-order valence-corrected chi connectivity index (χ0v) is 9.38. The molecule has 0 aliphatic heterocycles. The van der Waals surface area contributed by atoms with E-state index in [4.69, 9.17) is 10.7 Å². The van der Waals surface area contributed by atoms with Gasteiger partial charge in [0.15, 0.2) is 0 Å². The highest BCUT2D eigenvalue weighted by Gasteiger charge is 2.10. The monoisotopic (exact) mass is 249 g/mol. The molecule has 1 heterocycles. The molecule has 0 aromatic carbocycles. The Kier molecular flexibility index (Phi) is 3.65. The van der Waals surface area contributed by atoms with E-state index in [0.29, 0.717) is 5.56 Å². The summed E-state index contributed by atoms with van der Waals surface area (Å²) < 4.78 is 25.9. The predicted octanol–water partition coefficient (Wildman–Crippen LogP) is 0.937. The SMILES string of the molecule is COC(=O)c1ccc(CS(=O)(=O)Cl)cn1. The molecule has 0 amide bonds. The minimum Gasteiger partial charge on any atom is -0.464 e. The van der Waals surface area contributed by atoms with Crippen molar-refractivity contribution >= 4 is 25.7 Å². The summed E-state index contributed by atoms with van der Waals surface area (Å²) in [7, 11) is 2.69. The molecule has 0 saturated carbocycles. The highest BCUT2D eigenvalue weighted by Crippen LogP contribution is 2.09. The first-order valence-electron chi connectivity index (χ1n) is 3.88. The van der Waals surface area contributed by atoms with Crippen LogP contribution in [0.25, 0.3) is 0 Å². The van der Waals surface area contributed by atoms with Crippen LogP contribution < -0.4 is 0 Å². The number of hydrogen-bond donors (Lipinski definition) is 0. The summed E-state index contributed by atoms with van der Waals surface area (Å²) >= 11 is 0. The lowest BCUT2D eigenvalue weighted by atomic mass is 10.3. The van der Waals surface area contributed by atoms with Crippen LogP contribution in [0, 0.1) is 0 Å². The second-order valence-electron chi connectivity index (χ2n) is 2.73. The van der Waals surface area contributed by atoms with Crippen molar-refractivity contribution in [1.82, 2.24) is 4.98 Å². The van der Waals surface area contributed by atoms with Gasteiger partial charge >= 0.3 is 5.97 Å². The number of methoxy groups -OCH3 is 1. The van der Waals surface area contributed by atoms with Crippen molar-refractivity contribution in [2.45, 2.75) is 5.75 Å². The number of rotatable bonds is 3. The van der Waals surface area contributed by atoms with Crippen molar-refractivity contribution in [3.63, 3.8) is 0 Å². The molecule has 1 rings (SSSR count). The zero-order chi connectivity index (χ0) is 11.5. The van der Waals surface area contributed by atoms with Gasteiger partial charge in [-0.25, -0.2) is 18.2 Å². The van der Waals surface area contributed by atoms with Crippen molar-refractivity contribution in [2.75, 3.05) is 7.11 Å². The molecule has 7 heteroatoms. The number of pyridine rings is 1. The van der Waals surface area contributed by atoms with E-state index in [-0.39, 0.29) is 11.4 Å². The predicted molar refractivity (Wildman–Crippen MR) is 54.1 cm³/mol. The van der Waals surface area contributed by atoms with Crippen LogP contribution in [-0.2, 0) is 19.5 Å². The van der Waals surface area contributed by atoms with Gasteiger partial charge in [-0.2, -0.15) is 0 Å². The van der Waals surface area contributed by atoms with Gasteiger partial charge in [0.05, 0.1) is 12.9 Å². The van der Waals surface area contributed by atoms with Gasteiger partial charge in [0.1, 0.15) is 5.69 Å². The molecular formula is C8H8ClNO4S. The maximum atomic E-state index is 11.0. The lowest BCUT2D eigenvalue weighted by molar-refractivity contribution is 0.0594. The van der Waals surface area contributed by atoms with Gasteiger partial charge in [0, 0.05) is 16.9 Å². The summed E-state index contributed by atoms with van der Waals surface area (Å²) in [6, 6.07) is 2.84. The topological polar surface area (TPSA) is 73.3 Å². The van der Waals surface area contributed by atoms with Gasteiger partial charge in [-0.05, 0) is 11.6 Å². The molecule has 0 spiro atoms. The number of aromatic nitrogens is 1. The van der Waals surface area contributed by atoms with E-state index in [9.17, 15) is 13.2 Å². The smallest absolute Gasteiger partial charge is 0.356 e. The molecule has 0 saturated heterocycles. The van der Waals surface area contributed by atoms with Crippen molar-refractivity contribution in [1.29, 1.82) is 0 Å². The average molecular weight is 250 g/mol. The second kappa shape index (κ2) is 4.59. The Morgan fingerprint density at radius 2 is 2.20 bits per heavy atom. The van der Waals surface area contributed by atoms with Crippen molar-refractivity contribution in [3.05, 3.63) is 29.6 Å². The van der Waals surface area contributed by atoms with E-state index in [1.54, 1.807) is 0 Å². The van der Waals surface area contributed by atoms with Gasteiger partial charge in [0.2, 0.25) is 9.05 Å². The maximum Gasteiger partial charge on any atom is 0.356 e. The normalized spacial score (nSPS) is 11.1. The third-order valence-corrected chi connectivity index (χ3v) is 2.56. The van der Waals surface area contributed by atoms with Crippen LogP contribution in [0.1, 0.15) is 16.1 Å². The van der Waals surface area contributed by atoms with Crippen LogP contribution in [0.2, 0.25) is 0 Å². The highest BCUT2D eigenvalue weighted by atomic mass is 35.7. The van der Waals surface area contributed by atoms with Crippen molar-refractivity contribution in [2.24, 2.45) is 0 Å². The van der Waals surface area contributed by atoms with Gasteiger partial charge in [-0.1, -0.05) is 6.07 Å². The number of ether oxygens (including phenoxy) is 1. The molecule has 0 bridgehead atoms. The van der Waals surface area contributed by atoms with Gasteiger partial charge < -0.3 is 4.74 Å². The summed E-state index contributed by atoms with van der Waals surface area (Å²) in [4.78, 5) is 14.7. The fourth-order valence-corrected chi connectivity index (χ4v) is 1.88. The highest BCUT2D eigenvalue weighted by molar-refractivity contribution is 8.13. The number of carbonyl (C=O) groups excluding carboxylic acids is 1. The van der Waals surface area contributed by atoms with E-state index < -0.39 is 15.0 Å². The molecule has 15 heavy (non-hydrogen) atoms. The van der Waals surface area contributed by atoms with Crippen molar-refractivity contribution in [3.8, 4) is 0 Å². The van der Waals surface area contributed by atoms with Crippen LogP contribution >= 0.6 is 10.7 Å². The Morgan fingerprint density at radius 3 is 2.60 bits per heavy atom. The molecular weight excluding hydrogens is 242 g/mol. The van der Waals surface area contributed by atoms with Crippen LogP contribution in [0.15, 0.2) is 18.3 Å². The summed E-state index contributed by atoms with van der Waals surface area (Å²) in [6.45, 7) is 0. The van der Waals surface area contributed by atoms with E-state index in [1.165, 1.54) is 25.4 Å². The molecule has 0 unspecified atom stereocenters. The Bertz CT molecular complexity index is 454. The van der Waals surface area contributed by atoms with E-state index in [0.717, 1.165) is 0 Å². The number of halogens is 1. The lowest BCUT2D eigenvalue weighted by Gasteiger charge is -2.00. The first kappa shape index (κ1) is 11.9. The third kappa shape index (κ3) is 3.85. The minimum atomic E-state index is -3.60. The van der Waals surface area contributed by atoms with Crippen molar-refractivity contribution < 1.29 is 17.9 Å². The zero-order valence-electron chi connectivity index (χ0n) is 7.81. The Hall–Kier alpha value is -1.14. The number of nitrogens with zero attached hydrogens (tertiary/aromatic N) is 1. The first-order valence-corrected chi connectivity index (χ1v) is 6.36. The van der Waals surface area contributed by atoms with Crippen LogP contribution in [0.3, 0.4) is 0 Å². The minimum absolute atomic E-state index is 0.119. The molecule has 0 aliphatic rings. The van der Waals surface area contributed by atoms with Crippen LogP contribution in [0.4, 0.5) is 0 Å². The first-order chi connectivity index (χ1) is 6.92. The Balaban J connectivity index is 2.86. The molecule has 1 aromatic heterocycles. The summed E-state index contributed by atoms with van der Waals surface area (Å²) in [5.41, 5.74) is 0.533.